The highest BCUT2D eigenvalue weighted by atomic mass is 35.5. The third-order valence-corrected chi connectivity index (χ3v) is 8.00. The zero-order valence-corrected chi connectivity index (χ0v) is 21.5. The SMILES string of the molecule is COc1ccccc1CCN(CC(=O)NCc1ccc(CN)cc1)S(=O)(=O)c1ccc(Cl)c(Cl)c1. The highest BCUT2D eigenvalue weighted by Crippen LogP contribution is 2.27. The number of benzene rings is 3. The molecule has 0 radical (unpaired) electrons. The van der Waals surface area contributed by atoms with Gasteiger partial charge in [-0.3, -0.25) is 4.79 Å². The third-order valence-electron chi connectivity index (χ3n) is 5.42. The summed E-state index contributed by atoms with van der Waals surface area (Å²) in [6.07, 6.45) is 0.346. The Labute approximate surface area is 215 Å². The molecule has 3 N–H and O–H groups in total. The minimum absolute atomic E-state index is 0.0444. The molecular weight excluding hydrogens is 509 g/mol. The molecule has 0 aliphatic rings. The Balaban J connectivity index is 1.79. The molecule has 0 bridgehead atoms. The molecule has 1 amide bonds. The zero-order chi connectivity index (χ0) is 25.4. The van der Waals surface area contributed by atoms with Crippen LogP contribution in [0.3, 0.4) is 0 Å². The number of halogens is 2. The number of hydrogen-bond donors (Lipinski definition) is 2. The fourth-order valence-electron chi connectivity index (χ4n) is 3.44. The predicted octanol–water partition coefficient (Wildman–Crippen LogP) is 4.01. The third kappa shape index (κ3) is 7.19. The van der Waals surface area contributed by atoms with Crippen molar-refractivity contribution < 1.29 is 17.9 Å². The summed E-state index contributed by atoms with van der Waals surface area (Å²) in [6, 6.07) is 18.9. The number of nitrogens with zero attached hydrogens (tertiary/aromatic N) is 1. The van der Waals surface area contributed by atoms with Crippen LogP contribution < -0.4 is 15.8 Å². The first kappa shape index (κ1) is 27.0. The molecule has 3 aromatic rings. The van der Waals surface area contributed by atoms with E-state index >= 15 is 0 Å². The van der Waals surface area contributed by atoms with Gasteiger partial charge in [-0.15, -0.1) is 0 Å². The van der Waals surface area contributed by atoms with Crippen molar-refractivity contribution in [3.63, 3.8) is 0 Å². The van der Waals surface area contributed by atoms with Crippen LogP contribution in [0.15, 0.2) is 71.6 Å². The summed E-state index contributed by atoms with van der Waals surface area (Å²) in [6.45, 7) is 0.386. The summed E-state index contributed by atoms with van der Waals surface area (Å²) in [4.78, 5) is 12.7. The summed E-state index contributed by atoms with van der Waals surface area (Å²) in [5.74, 6) is 0.210. The Morgan fingerprint density at radius 1 is 1.00 bits per heavy atom. The number of rotatable bonds is 11. The van der Waals surface area contributed by atoms with Crippen molar-refractivity contribution in [1.29, 1.82) is 0 Å². The minimum Gasteiger partial charge on any atom is -0.496 e. The summed E-state index contributed by atoms with van der Waals surface area (Å²) in [5, 5.41) is 3.14. The molecular formula is C25H27Cl2N3O4S. The lowest BCUT2D eigenvalue weighted by molar-refractivity contribution is -0.121. The summed E-state index contributed by atoms with van der Waals surface area (Å²) in [5.41, 5.74) is 8.30. The van der Waals surface area contributed by atoms with Crippen LogP contribution in [0.4, 0.5) is 0 Å². The number of sulfonamides is 1. The number of para-hydroxylation sites is 1. The smallest absolute Gasteiger partial charge is 0.243 e. The topological polar surface area (TPSA) is 102 Å². The Kier molecular flexibility index (Phi) is 9.54. The van der Waals surface area contributed by atoms with Gasteiger partial charge in [-0.2, -0.15) is 4.31 Å². The van der Waals surface area contributed by atoms with Crippen molar-refractivity contribution in [2.24, 2.45) is 5.73 Å². The summed E-state index contributed by atoms with van der Waals surface area (Å²) < 4.78 is 33.4. The van der Waals surface area contributed by atoms with Gasteiger partial charge < -0.3 is 15.8 Å². The second kappa shape index (κ2) is 12.4. The monoisotopic (exact) mass is 535 g/mol. The van der Waals surface area contributed by atoms with Gasteiger partial charge in [0, 0.05) is 19.6 Å². The van der Waals surface area contributed by atoms with Crippen molar-refractivity contribution in [1.82, 2.24) is 9.62 Å². The minimum atomic E-state index is -4.04. The van der Waals surface area contributed by atoms with Crippen LogP contribution in [-0.4, -0.2) is 38.8 Å². The van der Waals surface area contributed by atoms with Gasteiger partial charge in [0.05, 0.1) is 28.6 Å². The van der Waals surface area contributed by atoms with Crippen LogP contribution in [-0.2, 0) is 34.3 Å². The van der Waals surface area contributed by atoms with Gasteiger partial charge in [-0.1, -0.05) is 65.7 Å². The first-order chi connectivity index (χ1) is 16.7. The maximum absolute atomic E-state index is 13.5. The second-order valence-electron chi connectivity index (χ2n) is 7.77. The number of hydrogen-bond acceptors (Lipinski definition) is 5. The average Bonchev–Trinajstić information content (AvgIpc) is 2.87. The van der Waals surface area contributed by atoms with Gasteiger partial charge in [-0.25, -0.2) is 8.42 Å². The maximum atomic E-state index is 13.5. The quantitative estimate of drug-likeness (QED) is 0.386. The number of ether oxygens (including phenoxy) is 1. The van der Waals surface area contributed by atoms with E-state index in [0.717, 1.165) is 21.0 Å². The highest BCUT2D eigenvalue weighted by molar-refractivity contribution is 7.89. The number of amides is 1. The van der Waals surface area contributed by atoms with Crippen molar-refractivity contribution in [3.8, 4) is 5.75 Å². The Morgan fingerprint density at radius 2 is 1.69 bits per heavy atom. The van der Waals surface area contributed by atoms with E-state index in [9.17, 15) is 13.2 Å². The lowest BCUT2D eigenvalue weighted by atomic mass is 10.1. The molecule has 186 valence electrons. The Morgan fingerprint density at radius 3 is 2.34 bits per heavy atom. The van der Waals surface area contributed by atoms with Gasteiger partial charge in [0.2, 0.25) is 15.9 Å². The first-order valence-electron chi connectivity index (χ1n) is 10.9. The summed E-state index contributed by atoms with van der Waals surface area (Å²) in [7, 11) is -2.49. The lowest BCUT2D eigenvalue weighted by Gasteiger charge is -2.22. The Bertz CT molecular complexity index is 1270. The van der Waals surface area contributed by atoms with E-state index in [2.05, 4.69) is 5.32 Å². The van der Waals surface area contributed by atoms with E-state index in [-0.39, 0.29) is 34.6 Å². The van der Waals surface area contributed by atoms with Crippen LogP contribution >= 0.6 is 23.2 Å². The van der Waals surface area contributed by atoms with Gasteiger partial charge in [0.1, 0.15) is 5.75 Å². The number of methoxy groups -OCH3 is 1. The molecule has 7 nitrogen and oxygen atoms in total. The van der Waals surface area contributed by atoms with Crippen molar-refractivity contribution in [2.75, 3.05) is 20.2 Å². The lowest BCUT2D eigenvalue weighted by Crippen LogP contribution is -2.41. The van der Waals surface area contributed by atoms with Crippen LogP contribution in [0.2, 0.25) is 10.0 Å². The van der Waals surface area contributed by atoms with E-state index in [0.29, 0.717) is 18.7 Å². The van der Waals surface area contributed by atoms with Crippen LogP contribution in [0.1, 0.15) is 16.7 Å². The van der Waals surface area contributed by atoms with Crippen molar-refractivity contribution in [3.05, 3.63) is 93.5 Å². The van der Waals surface area contributed by atoms with Crippen molar-refractivity contribution >= 4 is 39.1 Å². The fourth-order valence-corrected chi connectivity index (χ4v) is 5.22. The van der Waals surface area contributed by atoms with E-state index in [1.165, 1.54) is 18.2 Å². The van der Waals surface area contributed by atoms with Crippen LogP contribution in [0.5, 0.6) is 5.75 Å². The average molecular weight is 536 g/mol. The predicted molar refractivity (Wildman–Crippen MR) is 138 cm³/mol. The molecule has 10 heteroatoms. The van der Waals surface area contributed by atoms with E-state index in [1.807, 2.05) is 42.5 Å². The molecule has 0 saturated carbocycles. The van der Waals surface area contributed by atoms with E-state index in [1.54, 1.807) is 13.2 Å². The molecule has 0 atom stereocenters. The molecule has 0 heterocycles. The molecule has 0 saturated heterocycles. The Hall–Kier alpha value is -2.62. The molecule has 0 aliphatic carbocycles. The van der Waals surface area contributed by atoms with Crippen LogP contribution in [0.25, 0.3) is 0 Å². The molecule has 35 heavy (non-hydrogen) atoms. The van der Waals surface area contributed by atoms with Crippen LogP contribution in [0, 0.1) is 0 Å². The molecule has 0 spiro atoms. The number of nitrogens with two attached hydrogens (primary N) is 1. The van der Waals surface area contributed by atoms with E-state index < -0.39 is 15.9 Å². The second-order valence-corrected chi connectivity index (χ2v) is 10.5. The molecule has 3 aromatic carbocycles. The highest BCUT2D eigenvalue weighted by Gasteiger charge is 2.27. The first-order valence-corrected chi connectivity index (χ1v) is 13.1. The fraction of sp³-hybridized carbons (Fsp3) is 0.240. The molecule has 0 aliphatic heterocycles. The molecule has 0 fully saturated rings. The van der Waals surface area contributed by atoms with Gasteiger partial charge in [0.15, 0.2) is 0 Å². The van der Waals surface area contributed by atoms with E-state index in [4.69, 9.17) is 33.7 Å². The van der Waals surface area contributed by atoms with Gasteiger partial charge >= 0.3 is 0 Å². The van der Waals surface area contributed by atoms with Gasteiger partial charge in [0.25, 0.3) is 0 Å². The van der Waals surface area contributed by atoms with Crippen molar-refractivity contribution in [2.45, 2.75) is 24.4 Å². The largest absolute Gasteiger partial charge is 0.496 e. The summed E-state index contributed by atoms with van der Waals surface area (Å²) >= 11 is 12.0. The molecule has 0 aromatic heterocycles. The number of carbonyl (C=O) groups excluding carboxylic acids is 1. The zero-order valence-electron chi connectivity index (χ0n) is 19.2. The molecule has 0 unspecified atom stereocenters. The standard InChI is InChI=1S/C25H27Cl2N3O4S/c1-34-24-5-3-2-4-20(24)12-13-30(35(32,33)21-10-11-22(26)23(27)14-21)17-25(31)29-16-19-8-6-18(15-28)7-9-19/h2-11,14H,12-13,15-17,28H2,1H3,(H,29,31). The molecule has 3 rings (SSSR count). The van der Waals surface area contributed by atoms with Gasteiger partial charge in [-0.05, 0) is 47.4 Å². The normalized spacial score (nSPS) is 11.5. The number of carbonyl (C=O) groups is 1. The number of nitrogens with one attached hydrogen (secondary N) is 1. The maximum Gasteiger partial charge on any atom is 0.243 e.